The number of aromatic nitrogens is 4. The molecule has 2 aromatic carbocycles. The van der Waals surface area contributed by atoms with Crippen molar-refractivity contribution in [2.24, 2.45) is 0 Å². The van der Waals surface area contributed by atoms with Crippen LogP contribution >= 0.6 is 0 Å². The van der Waals surface area contributed by atoms with Crippen LogP contribution in [0, 0.1) is 0 Å². The zero-order valence-electron chi connectivity index (χ0n) is 9.22. The van der Waals surface area contributed by atoms with Crippen LogP contribution < -0.4 is 0 Å². The molecule has 0 aliphatic heterocycles. The second-order valence-electron chi connectivity index (χ2n) is 3.51. The molecule has 4 aromatic rings. The Hall–Kier alpha value is -1.32. The number of hydrogen-bond acceptors (Lipinski definition) is 4. The van der Waals surface area contributed by atoms with E-state index < -0.39 is 0 Å². The summed E-state index contributed by atoms with van der Waals surface area (Å²) in [4.78, 5) is 0. The number of nitrogens with zero attached hydrogens (tertiary/aromatic N) is 4. The van der Waals surface area contributed by atoms with Crippen LogP contribution in [0.4, 0.5) is 0 Å². The quantitative estimate of drug-likeness (QED) is 0.441. The van der Waals surface area contributed by atoms with Crippen LogP contribution in [-0.4, -0.2) is 45.8 Å². The molecule has 0 atom stereocenters. The van der Waals surface area contributed by atoms with Crippen LogP contribution in [0.3, 0.4) is 0 Å². The van der Waals surface area contributed by atoms with Crippen molar-refractivity contribution in [1.82, 2.24) is 15.9 Å². The van der Waals surface area contributed by atoms with Crippen LogP contribution in [0.5, 0.6) is 0 Å². The SMILES string of the molecule is c1ccc2n[se]nc2c1.c1ccc2n[se]nc2c1. The van der Waals surface area contributed by atoms with E-state index in [1.165, 1.54) is 0 Å². The number of fused-ring (bicyclic) bond motifs is 2. The Balaban J connectivity index is 0.000000111. The molecule has 0 saturated carbocycles. The van der Waals surface area contributed by atoms with E-state index in [0.29, 0.717) is 0 Å². The van der Waals surface area contributed by atoms with Crippen molar-refractivity contribution >= 4 is 52.0 Å². The molecule has 0 amide bonds. The van der Waals surface area contributed by atoms with Crippen molar-refractivity contribution < 1.29 is 0 Å². The zero-order valence-corrected chi connectivity index (χ0v) is 12.7. The molecular formula is C12H8N4Se2. The monoisotopic (exact) mass is 368 g/mol. The topological polar surface area (TPSA) is 51.6 Å². The minimum atomic E-state index is 0.129. The molecule has 0 saturated heterocycles. The van der Waals surface area contributed by atoms with E-state index in [4.69, 9.17) is 0 Å². The molecule has 0 aliphatic rings. The summed E-state index contributed by atoms with van der Waals surface area (Å²) in [6, 6.07) is 15.9. The van der Waals surface area contributed by atoms with Gasteiger partial charge in [-0.2, -0.15) is 0 Å². The van der Waals surface area contributed by atoms with Crippen molar-refractivity contribution in [1.29, 1.82) is 0 Å². The molecule has 0 radical (unpaired) electrons. The first-order valence-electron chi connectivity index (χ1n) is 5.28. The first kappa shape index (κ1) is 11.8. The summed E-state index contributed by atoms with van der Waals surface area (Å²) in [6.45, 7) is 0. The molecule has 18 heavy (non-hydrogen) atoms. The van der Waals surface area contributed by atoms with Gasteiger partial charge < -0.3 is 0 Å². The van der Waals surface area contributed by atoms with E-state index in [-0.39, 0.29) is 29.9 Å². The maximum atomic E-state index is 4.20. The molecule has 0 N–H and O–H groups in total. The fraction of sp³-hybridized carbons (Fsp3) is 0. The van der Waals surface area contributed by atoms with Gasteiger partial charge in [-0.25, -0.2) is 0 Å². The predicted octanol–water partition coefficient (Wildman–Crippen LogP) is 1.37. The second kappa shape index (κ2) is 5.55. The van der Waals surface area contributed by atoms with Gasteiger partial charge in [-0.3, -0.25) is 0 Å². The van der Waals surface area contributed by atoms with Gasteiger partial charge in [-0.05, 0) is 0 Å². The summed E-state index contributed by atoms with van der Waals surface area (Å²) < 4.78 is 16.8. The fourth-order valence-corrected chi connectivity index (χ4v) is 3.66. The van der Waals surface area contributed by atoms with E-state index in [1.807, 2.05) is 48.5 Å². The van der Waals surface area contributed by atoms with Crippen LogP contribution in [0.1, 0.15) is 0 Å². The summed E-state index contributed by atoms with van der Waals surface area (Å²) in [5, 5.41) is 0. The average Bonchev–Trinajstić information content (AvgIpc) is 3.08. The van der Waals surface area contributed by atoms with Crippen molar-refractivity contribution in [3.8, 4) is 0 Å². The van der Waals surface area contributed by atoms with Gasteiger partial charge >= 0.3 is 116 Å². The Morgan fingerprint density at radius 2 is 0.778 bits per heavy atom. The molecule has 0 aliphatic carbocycles. The summed E-state index contributed by atoms with van der Waals surface area (Å²) in [5.41, 5.74) is 4.21. The van der Waals surface area contributed by atoms with Crippen LogP contribution in [-0.2, 0) is 0 Å². The van der Waals surface area contributed by atoms with Crippen molar-refractivity contribution in [3.63, 3.8) is 0 Å². The van der Waals surface area contributed by atoms with Crippen molar-refractivity contribution in [2.45, 2.75) is 0 Å². The molecule has 6 heteroatoms. The Morgan fingerprint density at radius 1 is 0.500 bits per heavy atom. The third-order valence-electron chi connectivity index (χ3n) is 2.32. The Morgan fingerprint density at radius 3 is 1.06 bits per heavy atom. The third-order valence-corrected chi connectivity index (χ3v) is 4.66. The number of rotatable bonds is 0. The van der Waals surface area contributed by atoms with Crippen LogP contribution in [0.15, 0.2) is 48.5 Å². The third kappa shape index (κ3) is 2.57. The normalized spacial score (nSPS) is 10.2. The van der Waals surface area contributed by atoms with E-state index in [0.717, 1.165) is 22.1 Å². The molecule has 0 fully saturated rings. The Kier molecular flexibility index (Phi) is 3.62. The van der Waals surface area contributed by atoms with Gasteiger partial charge in [0.25, 0.3) is 0 Å². The maximum absolute atomic E-state index is 4.20. The Labute approximate surface area is 116 Å². The second-order valence-corrected chi connectivity index (χ2v) is 5.72. The van der Waals surface area contributed by atoms with Gasteiger partial charge in [0.15, 0.2) is 0 Å². The number of benzene rings is 2. The summed E-state index contributed by atoms with van der Waals surface area (Å²) in [6.07, 6.45) is 0. The molecule has 4 nitrogen and oxygen atoms in total. The molecular weight excluding hydrogens is 358 g/mol. The minimum absolute atomic E-state index is 0.129. The van der Waals surface area contributed by atoms with Gasteiger partial charge in [-0.1, -0.05) is 0 Å². The average molecular weight is 366 g/mol. The molecule has 0 spiro atoms. The molecule has 88 valence electrons. The van der Waals surface area contributed by atoms with Crippen molar-refractivity contribution in [2.75, 3.05) is 0 Å². The van der Waals surface area contributed by atoms with Crippen molar-refractivity contribution in [3.05, 3.63) is 48.5 Å². The van der Waals surface area contributed by atoms with E-state index in [2.05, 4.69) is 15.9 Å². The fourth-order valence-electron chi connectivity index (χ4n) is 1.45. The Bertz CT molecular complexity index is 636. The summed E-state index contributed by atoms with van der Waals surface area (Å²) in [5.74, 6) is 0. The first-order chi connectivity index (χ1) is 8.93. The van der Waals surface area contributed by atoms with Gasteiger partial charge in [0.05, 0.1) is 0 Å². The van der Waals surface area contributed by atoms with E-state index >= 15 is 0 Å². The number of hydrogen-bond donors (Lipinski definition) is 0. The summed E-state index contributed by atoms with van der Waals surface area (Å²) >= 11 is 0.257. The first-order valence-corrected chi connectivity index (χ1v) is 8.34. The molecule has 2 heterocycles. The predicted molar refractivity (Wildman–Crippen MR) is 73.0 cm³/mol. The molecule has 0 bridgehead atoms. The van der Waals surface area contributed by atoms with E-state index in [9.17, 15) is 0 Å². The van der Waals surface area contributed by atoms with Gasteiger partial charge in [0.2, 0.25) is 0 Å². The molecule has 2 aromatic heterocycles. The van der Waals surface area contributed by atoms with Gasteiger partial charge in [0.1, 0.15) is 0 Å². The standard InChI is InChI=1S/2C6H4N2Se/c2*1-2-4-6-5(3-1)7-9-8-6/h2*1-4H. The van der Waals surface area contributed by atoms with Gasteiger partial charge in [0, 0.05) is 0 Å². The van der Waals surface area contributed by atoms with Crippen LogP contribution in [0.2, 0.25) is 0 Å². The zero-order chi connectivity index (χ0) is 12.2. The van der Waals surface area contributed by atoms with Crippen LogP contribution in [0.25, 0.3) is 22.1 Å². The van der Waals surface area contributed by atoms with Gasteiger partial charge in [-0.15, -0.1) is 0 Å². The molecule has 4 rings (SSSR count). The summed E-state index contributed by atoms with van der Waals surface area (Å²) in [7, 11) is 0. The molecule has 0 unspecified atom stereocenters. The van der Waals surface area contributed by atoms with E-state index in [1.54, 1.807) is 0 Å².